The van der Waals surface area contributed by atoms with Crippen LogP contribution in [0.1, 0.15) is 28.9 Å². The molecule has 1 amide bonds. The number of nitrogens with two attached hydrogens (primary N) is 2. The predicted octanol–water partition coefficient (Wildman–Crippen LogP) is 1.13. The number of amides is 1. The fraction of sp³-hybridized carbons (Fsp3) is 0.167. The molecule has 0 fully saturated rings. The Balaban J connectivity index is 2.41. The zero-order valence-corrected chi connectivity index (χ0v) is 9.80. The van der Waals surface area contributed by atoms with E-state index in [0.717, 1.165) is 0 Å². The van der Waals surface area contributed by atoms with E-state index in [1.54, 1.807) is 19.1 Å². The summed E-state index contributed by atoms with van der Waals surface area (Å²) in [6.07, 6.45) is 2.67. The van der Waals surface area contributed by atoms with Crippen molar-refractivity contribution in [2.24, 2.45) is 11.5 Å². The zero-order valence-electron chi connectivity index (χ0n) is 9.80. The molecule has 94 valence electrons. The number of primary amides is 1. The number of halogens is 1. The van der Waals surface area contributed by atoms with Gasteiger partial charge in [-0.1, -0.05) is 6.07 Å². The molecule has 0 unspecified atom stereocenters. The average molecular weight is 248 g/mol. The van der Waals surface area contributed by atoms with Crippen molar-refractivity contribution in [1.82, 2.24) is 9.78 Å². The van der Waals surface area contributed by atoms with E-state index in [1.807, 2.05) is 0 Å². The van der Waals surface area contributed by atoms with Crippen molar-refractivity contribution in [2.75, 3.05) is 0 Å². The fourth-order valence-electron chi connectivity index (χ4n) is 1.57. The third-order valence-electron chi connectivity index (χ3n) is 2.61. The minimum Gasteiger partial charge on any atom is -0.366 e. The topological polar surface area (TPSA) is 86.9 Å². The van der Waals surface area contributed by atoms with Gasteiger partial charge in [-0.15, -0.1) is 0 Å². The van der Waals surface area contributed by atoms with Crippen LogP contribution in [0.4, 0.5) is 4.39 Å². The van der Waals surface area contributed by atoms with Crippen molar-refractivity contribution < 1.29 is 9.18 Å². The Labute approximate surface area is 103 Å². The molecule has 0 saturated heterocycles. The Morgan fingerprint density at radius 2 is 2.22 bits per heavy atom. The number of aromatic nitrogens is 2. The van der Waals surface area contributed by atoms with Gasteiger partial charge >= 0.3 is 0 Å². The molecule has 0 aliphatic carbocycles. The maximum Gasteiger partial charge on any atom is 0.251 e. The minimum absolute atomic E-state index is 0.227. The van der Waals surface area contributed by atoms with E-state index in [9.17, 15) is 9.18 Å². The van der Waals surface area contributed by atoms with Gasteiger partial charge in [-0.3, -0.25) is 4.79 Å². The van der Waals surface area contributed by atoms with Gasteiger partial charge in [0.1, 0.15) is 11.5 Å². The second kappa shape index (κ2) is 4.58. The lowest BCUT2D eigenvalue weighted by Gasteiger charge is -2.08. The van der Waals surface area contributed by atoms with Gasteiger partial charge in [0.2, 0.25) is 0 Å². The standard InChI is InChI=1S/C12H13FN4O/c1-7(14)8-2-3-11(10(13)4-8)17-6-9(5-16-17)12(15)18/h2-7H,14H2,1H3,(H2,15,18)/t7-/m1/s1. The van der Waals surface area contributed by atoms with Gasteiger partial charge in [0.05, 0.1) is 11.8 Å². The van der Waals surface area contributed by atoms with Crippen molar-refractivity contribution in [3.8, 4) is 5.69 Å². The maximum absolute atomic E-state index is 13.9. The number of hydrogen-bond acceptors (Lipinski definition) is 3. The first-order valence-electron chi connectivity index (χ1n) is 5.39. The number of hydrogen-bond donors (Lipinski definition) is 2. The first kappa shape index (κ1) is 12.3. The first-order chi connectivity index (χ1) is 8.49. The molecule has 0 aliphatic rings. The predicted molar refractivity (Wildman–Crippen MR) is 64.6 cm³/mol. The highest BCUT2D eigenvalue weighted by atomic mass is 19.1. The smallest absolute Gasteiger partial charge is 0.251 e. The van der Waals surface area contributed by atoms with Crippen LogP contribution in [0.15, 0.2) is 30.6 Å². The van der Waals surface area contributed by atoms with Crippen LogP contribution < -0.4 is 11.5 Å². The van der Waals surface area contributed by atoms with Crippen LogP contribution in [0.2, 0.25) is 0 Å². The van der Waals surface area contributed by atoms with Crippen molar-refractivity contribution in [2.45, 2.75) is 13.0 Å². The Morgan fingerprint density at radius 3 is 2.72 bits per heavy atom. The second-order valence-electron chi connectivity index (χ2n) is 4.04. The van der Waals surface area contributed by atoms with Gasteiger partial charge in [0.15, 0.2) is 0 Å². The quantitative estimate of drug-likeness (QED) is 0.853. The van der Waals surface area contributed by atoms with E-state index in [-0.39, 0.29) is 17.3 Å². The van der Waals surface area contributed by atoms with Gasteiger partial charge in [-0.05, 0) is 24.6 Å². The summed E-state index contributed by atoms with van der Waals surface area (Å²) in [5.41, 5.74) is 11.9. The third-order valence-corrected chi connectivity index (χ3v) is 2.61. The van der Waals surface area contributed by atoms with Crippen LogP contribution in [0.5, 0.6) is 0 Å². The van der Waals surface area contributed by atoms with E-state index in [2.05, 4.69) is 5.10 Å². The highest BCUT2D eigenvalue weighted by Gasteiger charge is 2.10. The van der Waals surface area contributed by atoms with Gasteiger partial charge in [0.25, 0.3) is 5.91 Å². The van der Waals surface area contributed by atoms with Crippen LogP contribution in [0.25, 0.3) is 5.69 Å². The highest BCUT2D eigenvalue weighted by molar-refractivity contribution is 5.92. The summed E-state index contributed by atoms with van der Waals surface area (Å²) in [6, 6.07) is 4.39. The molecule has 2 aromatic rings. The van der Waals surface area contributed by atoms with Crippen LogP contribution in [-0.4, -0.2) is 15.7 Å². The summed E-state index contributed by atoms with van der Waals surface area (Å²) in [5, 5.41) is 3.89. The number of benzene rings is 1. The maximum atomic E-state index is 13.9. The molecular formula is C12H13FN4O. The Kier molecular flexibility index (Phi) is 3.12. The summed E-state index contributed by atoms with van der Waals surface area (Å²) in [4.78, 5) is 10.9. The monoisotopic (exact) mass is 248 g/mol. The molecule has 0 spiro atoms. The summed E-state index contributed by atoms with van der Waals surface area (Å²) in [5.74, 6) is -1.06. The molecule has 5 nitrogen and oxygen atoms in total. The Bertz CT molecular complexity index is 592. The molecule has 0 saturated carbocycles. The van der Waals surface area contributed by atoms with Gasteiger partial charge in [-0.2, -0.15) is 5.10 Å². The normalized spacial score (nSPS) is 12.4. The lowest BCUT2D eigenvalue weighted by Crippen LogP contribution is -2.09. The van der Waals surface area contributed by atoms with E-state index in [0.29, 0.717) is 5.56 Å². The summed E-state index contributed by atoms with van der Waals surface area (Å²) in [6.45, 7) is 1.77. The van der Waals surface area contributed by atoms with E-state index < -0.39 is 11.7 Å². The van der Waals surface area contributed by atoms with Crippen molar-refractivity contribution in [3.05, 3.63) is 47.5 Å². The molecular weight excluding hydrogens is 235 g/mol. The largest absolute Gasteiger partial charge is 0.366 e. The number of carbonyl (C=O) groups excluding carboxylic acids is 1. The molecule has 0 radical (unpaired) electrons. The van der Waals surface area contributed by atoms with E-state index >= 15 is 0 Å². The molecule has 1 aromatic heterocycles. The number of carbonyl (C=O) groups is 1. The molecule has 18 heavy (non-hydrogen) atoms. The van der Waals surface area contributed by atoms with Crippen LogP contribution in [-0.2, 0) is 0 Å². The molecule has 6 heteroatoms. The van der Waals surface area contributed by atoms with Crippen molar-refractivity contribution in [3.63, 3.8) is 0 Å². The average Bonchev–Trinajstić information content (AvgIpc) is 2.78. The molecule has 0 bridgehead atoms. The van der Waals surface area contributed by atoms with E-state index in [1.165, 1.54) is 23.1 Å². The second-order valence-corrected chi connectivity index (χ2v) is 4.04. The first-order valence-corrected chi connectivity index (χ1v) is 5.39. The van der Waals surface area contributed by atoms with Crippen molar-refractivity contribution in [1.29, 1.82) is 0 Å². The number of rotatable bonds is 3. The van der Waals surface area contributed by atoms with Crippen molar-refractivity contribution >= 4 is 5.91 Å². The summed E-state index contributed by atoms with van der Waals surface area (Å²) < 4.78 is 15.1. The third kappa shape index (κ3) is 2.23. The SMILES string of the molecule is C[C@@H](N)c1ccc(-n2cc(C(N)=O)cn2)c(F)c1. The summed E-state index contributed by atoms with van der Waals surface area (Å²) in [7, 11) is 0. The van der Waals surface area contributed by atoms with E-state index in [4.69, 9.17) is 11.5 Å². The Morgan fingerprint density at radius 1 is 1.50 bits per heavy atom. The minimum atomic E-state index is -0.603. The molecule has 2 rings (SSSR count). The lowest BCUT2D eigenvalue weighted by molar-refractivity contribution is 0.100. The van der Waals surface area contributed by atoms with Gasteiger partial charge in [0, 0.05) is 12.2 Å². The molecule has 4 N–H and O–H groups in total. The Hall–Kier alpha value is -2.21. The molecule has 1 heterocycles. The molecule has 1 aromatic carbocycles. The van der Waals surface area contributed by atoms with Gasteiger partial charge < -0.3 is 11.5 Å². The fourth-order valence-corrected chi connectivity index (χ4v) is 1.57. The summed E-state index contributed by atoms with van der Waals surface area (Å²) >= 11 is 0. The zero-order chi connectivity index (χ0) is 13.3. The van der Waals surface area contributed by atoms with Gasteiger partial charge in [-0.25, -0.2) is 9.07 Å². The molecule has 0 aliphatic heterocycles. The molecule has 1 atom stereocenters. The van der Waals surface area contributed by atoms with Crippen LogP contribution in [0.3, 0.4) is 0 Å². The van der Waals surface area contributed by atoms with Crippen LogP contribution >= 0.6 is 0 Å². The lowest BCUT2D eigenvalue weighted by atomic mass is 10.1. The van der Waals surface area contributed by atoms with Crippen LogP contribution in [0, 0.1) is 5.82 Å². The highest BCUT2D eigenvalue weighted by Crippen LogP contribution is 2.18. The number of nitrogens with zero attached hydrogens (tertiary/aromatic N) is 2.